The predicted molar refractivity (Wildman–Crippen MR) is 106 cm³/mol. The van der Waals surface area contributed by atoms with Crippen LogP contribution in [0.2, 0.25) is 0 Å². The summed E-state index contributed by atoms with van der Waals surface area (Å²) in [7, 11) is -3.86. The number of sulfonamides is 1. The molecule has 1 amide bonds. The minimum absolute atomic E-state index is 0.0397. The van der Waals surface area contributed by atoms with E-state index in [-0.39, 0.29) is 10.8 Å². The van der Waals surface area contributed by atoms with Gasteiger partial charge in [-0.15, -0.1) is 0 Å². The van der Waals surface area contributed by atoms with E-state index in [1.807, 2.05) is 18.2 Å². The Morgan fingerprint density at radius 3 is 2.45 bits per heavy atom. The van der Waals surface area contributed by atoms with Crippen LogP contribution in [0.15, 0.2) is 76.6 Å². The summed E-state index contributed by atoms with van der Waals surface area (Å²) in [6, 6.07) is 16.9. The smallest absolute Gasteiger partial charge is 0.261 e. The minimum Gasteiger partial charge on any atom is -0.288 e. The Hall–Kier alpha value is -3.52. The van der Waals surface area contributed by atoms with E-state index in [0.29, 0.717) is 29.3 Å². The van der Waals surface area contributed by atoms with Gasteiger partial charge >= 0.3 is 0 Å². The quantitative estimate of drug-likeness (QED) is 0.720. The number of hydrogen-bond donors (Lipinski definition) is 1. The molecule has 2 heterocycles. The number of rotatable bonds is 3. The van der Waals surface area contributed by atoms with Crippen molar-refractivity contribution in [2.75, 3.05) is 4.72 Å². The molecule has 0 saturated heterocycles. The third-order valence-electron chi connectivity index (χ3n) is 4.91. The number of anilines is 1. The summed E-state index contributed by atoms with van der Waals surface area (Å²) in [5.74, 6) is -0.0253. The number of halogens is 1. The molecule has 0 radical (unpaired) electrons. The molecule has 0 fully saturated rings. The van der Waals surface area contributed by atoms with Crippen molar-refractivity contribution in [2.24, 2.45) is 4.99 Å². The molecule has 3 aromatic carbocycles. The highest BCUT2D eigenvalue weighted by Gasteiger charge is 2.36. The average Bonchev–Trinajstić information content (AvgIpc) is 2.98. The highest BCUT2D eigenvalue weighted by Crippen LogP contribution is 2.35. The molecule has 1 N–H and O–H groups in total. The molecule has 144 valence electrons. The fourth-order valence-corrected chi connectivity index (χ4v) is 4.57. The van der Waals surface area contributed by atoms with Crippen LogP contribution in [0.4, 0.5) is 15.8 Å². The molecule has 0 atom stereocenters. The first-order valence-corrected chi connectivity index (χ1v) is 10.3. The van der Waals surface area contributed by atoms with Crippen LogP contribution in [0.1, 0.15) is 21.5 Å². The molecule has 0 saturated carbocycles. The lowest BCUT2D eigenvalue weighted by Crippen LogP contribution is -2.31. The van der Waals surface area contributed by atoms with Crippen molar-refractivity contribution in [2.45, 2.75) is 11.4 Å². The number of nitrogens with zero attached hydrogens (tertiary/aromatic N) is 2. The largest absolute Gasteiger partial charge is 0.288 e. The molecule has 0 aromatic heterocycles. The van der Waals surface area contributed by atoms with Gasteiger partial charge in [-0.05, 0) is 54.1 Å². The first kappa shape index (κ1) is 17.6. The maximum atomic E-state index is 13.1. The number of carbonyl (C=O) groups excluding carboxylic acids is 1. The molecular formula is C21H14FN3O3S. The predicted octanol–water partition coefficient (Wildman–Crippen LogP) is 3.67. The summed E-state index contributed by atoms with van der Waals surface area (Å²) in [6.07, 6.45) is 0. The van der Waals surface area contributed by atoms with Crippen LogP contribution in [0.5, 0.6) is 0 Å². The maximum Gasteiger partial charge on any atom is 0.261 e. The summed E-state index contributed by atoms with van der Waals surface area (Å²) >= 11 is 0. The van der Waals surface area contributed by atoms with E-state index in [2.05, 4.69) is 9.71 Å². The van der Waals surface area contributed by atoms with Crippen molar-refractivity contribution in [1.82, 2.24) is 4.90 Å². The number of nitrogens with one attached hydrogen (secondary N) is 1. The highest BCUT2D eigenvalue weighted by atomic mass is 32.2. The lowest BCUT2D eigenvalue weighted by molar-refractivity contribution is 0.0851. The van der Waals surface area contributed by atoms with Gasteiger partial charge in [0.25, 0.3) is 15.9 Å². The second kappa shape index (κ2) is 6.25. The zero-order valence-corrected chi connectivity index (χ0v) is 15.8. The van der Waals surface area contributed by atoms with E-state index >= 15 is 0 Å². The van der Waals surface area contributed by atoms with E-state index in [9.17, 15) is 17.6 Å². The fraction of sp³-hybridized carbons (Fsp3) is 0.0476. The van der Waals surface area contributed by atoms with Gasteiger partial charge in [0.05, 0.1) is 22.7 Å². The van der Waals surface area contributed by atoms with Crippen molar-refractivity contribution in [3.05, 3.63) is 89.2 Å². The zero-order valence-electron chi connectivity index (χ0n) is 15.0. The standard InChI is InChI=1S/C21H14FN3O3S/c22-14-5-8-16(9-6-14)29(27,28)24-15-7-10-19-13(11-15)12-25-20(23-19)17-3-1-2-4-18(17)21(25)26/h1-11,24H,12H2. The van der Waals surface area contributed by atoms with Gasteiger partial charge < -0.3 is 0 Å². The lowest BCUT2D eigenvalue weighted by Gasteiger charge is -2.24. The summed E-state index contributed by atoms with van der Waals surface area (Å²) in [5, 5.41) is 0. The van der Waals surface area contributed by atoms with Crippen LogP contribution < -0.4 is 4.72 Å². The van der Waals surface area contributed by atoms with E-state index in [1.54, 1.807) is 29.2 Å². The summed E-state index contributed by atoms with van der Waals surface area (Å²) in [6.45, 7) is 0.299. The molecule has 0 aliphatic carbocycles. The third-order valence-corrected chi connectivity index (χ3v) is 6.31. The Morgan fingerprint density at radius 2 is 1.69 bits per heavy atom. The number of benzene rings is 3. The van der Waals surface area contributed by atoms with Crippen LogP contribution in [0.3, 0.4) is 0 Å². The van der Waals surface area contributed by atoms with Crippen LogP contribution in [-0.2, 0) is 16.6 Å². The van der Waals surface area contributed by atoms with Gasteiger partial charge in [0.1, 0.15) is 11.7 Å². The molecule has 5 rings (SSSR count). The van der Waals surface area contributed by atoms with Gasteiger partial charge in [-0.2, -0.15) is 0 Å². The molecule has 0 bridgehead atoms. The number of fused-ring (bicyclic) bond motifs is 4. The summed E-state index contributed by atoms with van der Waals surface area (Å²) < 4.78 is 40.6. The molecule has 6 nitrogen and oxygen atoms in total. The molecule has 2 aliphatic rings. The SMILES string of the molecule is O=C1c2ccccc2C2=Nc3ccc(NS(=O)(=O)c4ccc(F)cc4)cc3CN12. The van der Waals surface area contributed by atoms with Gasteiger partial charge in [0, 0.05) is 11.3 Å². The molecule has 0 unspecified atom stereocenters. The Balaban J connectivity index is 1.48. The number of aliphatic imine (C=N–C) groups is 1. The number of hydrogen-bond acceptors (Lipinski definition) is 4. The van der Waals surface area contributed by atoms with Gasteiger partial charge in [0.2, 0.25) is 0 Å². The Bertz CT molecular complexity index is 1300. The first-order valence-electron chi connectivity index (χ1n) is 8.84. The maximum absolute atomic E-state index is 13.1. The van der Waals surface area contributed by atoms with Crippen molar-refractivity contribution in [3.8, 4) is 0 Å². The topological polar surface area (TPSA) is 78.8 Å². The highest BCUT2D eigenvalue weighted by molar-refractivity contribution is 7.92. The number of carbonyl (C=O) groups is 1. The molecule has 8 heteroatoms. The normalized spacial score (nSPS) is 14.7. The van der Waals surface area contributed by atoms with E-state index < -0.39 is 15.8 Å². The van der Waals surface area contributed by atoms with Crippen LogP contribution in [0.25, 0.3) is 0 Å². The Kier molecular flexibility index (Phi) is 3.78. The molecule has 29 heavy (non-hydrogen) atoms. The van der Waals surface area contributed by atoms with Crippen molar-refractivity contribution < 1.29 is 17.6 Å². The van der Waals surface area contributed by atoms with Gasteiger partial charge in [0.15, 0.2) is 0 Å². The Morgan fingerprint density at radius 1 is 0.966 bits per heavy atom. The van der Waals surface area contributed by atoms with Crippen molar-refractivity contribution in [1.29, 1.82) is 0 Å². The minimum atomic E-state index is -3.86. The summed E-state index contributed by atoms with van der Waals surface area (Å²) in [5.41, 5.74) is 3.16. The zero-order chi connectivity index (χ0) is 20.2. The number of amides is 1. The monoisotopic (exact) mass is 407 g/mol. The van der Waals surface area contributed by atoms with Gasteiger partial charge in [-0.25, -0.2) is 17.8 Å². The van der Waals surface area contributed by atoms with Gasteiger partial charge in [-0.1, -0.05) is 18.2 Å². The van der Waals surface area contributed by atoms with Crippen LogP contribution in [-0.4, -0.2) is 25.1 Å². The average molecular weight is 407 g/mol. The third kappa shape index (κ3) is 2.89. The van der Waals surface area contributed by atoms with Crippen LogP contribution >= 0.6 is 0 Å². The summed E-state index contributed by atoms with van der Waals surface area (Å²) in [4.78, 5) is 18.8. The van der Waals surface area contributed by atoms with Crippen molar-refractivity contribution in [3.63, 3.8) is 0 Å². The molecule has 3 aromatic rings. The van der Waals surface area contributed by atoms with Crippen molar-refractivity contribution >= 4 is 33.1 Å². The van der Waals surface area contributed by atoms with E-state index in [0.717, 1.165) is 23.3 Å². The Labute approximate surface area is 166 Å². The lowest BCUT2D eigenvalue weighted by atomic mass is 10.1. The van der Waals surface area contributed by atoms with Gasteiger partial charge in [-0.3, -0.25) is 14.4 Å². The molecular weight excluding hydrogens is 393 g/mol. The first-order chi connectivity index (χ1) is 13.9. The molecule has 2 aliphatic heterocycles. The number of amidine groups is 1. The second-order valence-electron chi connectivity index (χ2n) is 6.78. The fourth-order valence-electron chi connectivity index (χ4n) is 3.52. The molecule has 0 spiro atoms. The van der Waals surface area contributed by atoms with E-state index in [1.165, 1.54) is 12.1 Å². The second-order valence-corrected chi connectivity index (χ2v) is 8.46. The van der Waals surface area contributed by atoms with Crippen LogP contribution in [0, 0.1) is 5.82 Å². The van der Waals surface area contributed by atoms with E-state index in [4.69, 9.17) is 0 Å².